The second kappa shape index (κ2) is 8.92. The maximum Gasteiger partial charge on any atom is 0.260 e. The predicted octanol–water partition coefficient (Wildman–Crippen LogP) is 2.17. The van der Waals surface area contributed by atoms with E-state index in [1.807, 2.05) is 6.92 Å². The molecule has 0 saturated heterocycles. The van der Waals surface area contributed by atoms with E-state index in [2.05, 4.69) is 23.8 Å². The molecule has 0 aliphatic rings. The Balaban J connectivity index is 2.85. The van der Waals surface area contributed by atoms with E-state index in [0.717, 1.165) is 24.9 Å². The molecule has 118 valence electrons. The summed E-state index contributed by atoms with van der Waals surface area (Å²) in [6.07, 6.45) is 5.03. The minimum Gasteiger partial charge on any atom is -0.313 e. The molecule has 0 unspecified atom stereocenters. The van der Waals surface area contributed by atoms with Crippen LogP contribution in [0.25, 0.3) is 0 Å². The van der Waals surface area contributed by atoms with Gasteiger partial charge in [0, 0.05) is 25.8 Å². The van der Waals surface area contributed by atoms with E-state index in [1.165, 1.54) is 4.31 Å². The third-order valence-electron chi connectivity index (χ3n) is 2.96. The van der Waals surface area contributed by atoms with Gasteiger partial charge in [0.25, 0.3) is 10.0 Å². The molecule has 0 saturated carbocycles. The molecule has 0 amide bonds. The summed E-state index contributed by atoms with van der Waals surface area (Å²) in [5.74, 6) is 0. The number of sulfonamides is 1. The largest absolute Gasteiger partial charge is 0.313 e. The Labute approximate surface area is 128 Å². The molecular weight excluding hydrogens is 286 g/mol. The molecule has 1 aromatic rings. The van der Waals surface area contributed by atoms with Crippen LogP contribution in [0.5, 0.6) is 0 Å². The smallest absolute Gasteiger partial charge is 0.260 e. The predicted molar refractivity (Wildman–Crippen MR) is 85.5 cm³/mol. The van der Waals surface area contributed by atoms with Crippen LogP contribution in [0.4, 0.5) is 0 Å². The van der Waals surface area contributed by atoms with E-state index >= 15 is 0 Å². The van der Waals surface area contributed by atoms with Crippen LogP contribution < -0.4 is 5.32 Å². The molecule has 1 heterocycles. The highest BCUT2D eigenvalue weighted by molar-refractivity contribution is 7.89. The first-order valence-electron chi connectivity index (χ1n) is 7.33. The van der Waals surface area contributed by atoms with Crippen molar-refractivity contribution in [2.45, 2.75) is 38.3 Å². The quantitative estimate of drug-likeness (QED) is 0.531. The zero-order valence-corrected chi connectivity index (χ0v) is 13.7. The van der Waals surface area contributed by atoms with Crippen LogP contribution in [0.15, 0.2) is 36.0 Å². The summed E-state index contributed by atoms with van der Waals surface area (Å²) in [6.45, 7) is 10.1. The van der Waals surface area contributed by atoms with Gasteiger partial charge in [0.2, 0.25) is 0 Å². The van der Waals surface area contributed by atoms with E-state index in [-0.39, 0.29) is 5.03 Å². The van der Waals surface area contributed by atoms with E-state index < -0.39 is 10.0 Å². The van der Waals surface area contributed by atoms with E-state index in [9.17, 15) is 8.42 Å². The van der Waals surface area contributed by atoms with Crippen molar-refractivity contribution in [3.05, 3.63) is 36.5 Å². The number of pyridine rings is 1. The minimum absolute atomic E-state index is 0.0945. The fraction of sp³-hybridized carbons (Fsp3) is 0.533. The normalized spacial score (nSPS) is 11.8. The van der Waals surface area contributed by atoms with Crippen molar-refractivity contribution in [3.8, 4) is 0 Å². The van der Waals surface area contributed by atoms with E-state index in [4.69, 9.17) is 0 Å². The summed E-state index contributed by atoms with van der Waals surface area (Å²) in [4.78, 5) is 4.11. The fourth-order valence-electron chi connectivity index (χ4n) is 1.91. The molecule has 1 aromatic heterocycles. The van der Waals surface area contributed by atoms with Crippen molar-refractivity contribution in [1.82, 2.24) is 14.6 Å². The molecule has 0 aromatic carbocycles. The highest BCUT2D eigenvalue weighted by Gasteiger charge is 2.23. The van der Waals surface area contributed by atoms with Crippen LogP contribution in [0.1, 0.15) is 32.3 Å². The average Bonchev–Trinajstić information content (AvgIpc) is 2.48. The maximum atomic E-state index is 12.5. The molecule has 0 aliphatic heterocycles. The Morgan fingerprint density at radius 3 is 2.62 bits per heavy atom. The maximum absolute atomic E-state index is 12.5. The topological polar surface area (TPSA) is 62.3 Å². The fourth-order valence-corrected chi connectivity index (χ4v) is 3.33. The lowest BCUT2D eigenvalue weighted by molar-refractivity contribution is 0.439. The molecule has 0 bridgehead atoms. The molecular formula is C15H25N3O2S. The average molecular weight is 311 g/mol. The van der Waals surface area contributed by atoms with Crippen LogP contribution in [-0.4, -0.2) is 37.3 Å². The molecule has 0 fully saturated rings. The van der Waals surface area contributed by atoms with Crippen molar-refractivity contribution in [1.29, 1.82) is 0 Å². The number of rotatable bonds is 10. The van der Waals surface area contributed by atoms with Crippen molar-refractivity contribution >= 4 is 10.0 Å². The second-order valence-corrected chi connectivity index (χ2v) is 6.72. The summed E-state index contributed by atoms with van der Waals surface area (Å²) >= 11 is 0. The van der Waals surface area contributed by atoms with Crippen LogP contribution in [0, 0.1) is 0 Å². The third-order valence-corrected chi connectivity index (χ3v) is 4.75. The van der Waals surface area contributed by atoms with Gasteiger partial charge in [-0.1, -0.05) is 26.0 Å². The van der Waals surface area contributed by atoms with Crippen molar-refractivity contribution < 1.29 is 8.42 Å². The second-order valence-electron chi connectivity index (χ2n) is 4.83. The van der Waals surface area contributed by atoms with Crippen molar-refractivity contribution in [3.63, 3.8) is 0 Å². The van der Waals surface area contributed by atoms with Gasteiger partial charge < -0.3 is 5.32 Å². The Bertz CT molecular complexity index is 526. The van der Waals surface area contributed by atoms with Crippen molar-refractivity contribution in [2.24, 2.45) is 0 Å². The number of hydrogen-bond acceptors (Lipinski definition) is 4. The molecule has 1 rings (SSSR count). The summed E-state index contributed by atoms with van der Waals surface area (Å²) < 4.78 is 26.4. The minimum atomic E-state index is -3.54. The van der Waals surface area contributed by atoms with Gasteiger partial charge >= 0.3 is 0 Å². The first kappa shape index (κ1) is 17.8. The molecule has 0 aliphatic carbocycles. The first-order chi connectivity index (χ1) is 10.1. The molecule has 1 N–H and O–H groups in total. The Morgan fingerprint density at radius 2 is 2.10 bits per heavy atom. The van der Waals surface area contributed by atoms with Crippen LogP contribution in [0.2, 0.25) is 0 Å². The third kappa shape index (κ3) is 5.22. The molecule has 0 radical (unpaired) electrons. The van der Waals surface area contributed by atoms with Gasteiger partial charge in [-0.25, -0.2) is 13.4 Å². The van der Waals surface area contributed by atoms with Gasteiger partial charge in [-0.15, -0.1) is 6.58 Å². The van der Waals surface area contributed by atoms with Crippen LogP contribution in [-0.2, 0) is 16.6 Å². The number of nitrogens with zero attached hydrogens (tertiary/aromatic N) is 2. The molecule has 6 heteroatoms. The van der Waals surface area contributed by atoms with Gasteiger partial charge in [0.05, 0.1) is 0 Å². The van der Waals surface area contributed by atoms with Gasteiger partial charge in [-0.3, -0.25) is 0 Å². The number of nitrogens with one attached hydrogen (secondary N) is 1. The first-order valence-corrected chi connectivity index (χ1v) is 8.77. The van der Waals surface area contributed by atoms with Gasteiger partial charge in [0.15, 0.2) is 5.03 Å². The van der Waals surface area contributed by atoms with Gasteiger partial charge in [0.1, 0.15) is 0 Å². The standard InChI is InChI=1S/C15H25N3O2S/c1-4-9-16-12-14-7-8-15(17-13-14)21(19,20)18(10-5-2)11-6-3/h5,7-8,13,16H,2,4,6,9-12H2,1,3H3. The zero-order chi connectivity index (χ0) is 15.7. The molecule has 0 atom stereocenters. The highest BCUT2D eigenvalue weighted by atomic mass is 32.2. The van der Waals surface area contributed by atoms with Gasteiger partial charge in [-0.2, -0.15) is 4.31 Å². The Kier molecular flexibility index (Phi) is 7.56. The summed E-state index contributed by atoms with van der Waals surface area (Å²) in [6, 6.07) is 3.38. The summed E-state index contributed by atoms with van der Waals surface area (Å²) in [7, 11) is -3.54. The van der Waals surface area contributed by atoms with Crippen molar-refractivity contribution in [2.75, 3.05) is 19.6 Å². The number of hydrogen-bond donors (Lipinski definition) is 1. The highest BCUT2D eigenvalue weighted by Crippen LogP contribution is 2.14. The Hall–Kier alpha value is -1.24. The van der Waals surface area contributed by atoms with Gasteiger partial charge in [-0.05, 0) is 31.0 Å². The SMILES string of the molecule is C=CCN(CCC)S(=O)(=O)c1ccc(CNCCC)cn1. The number of aromatic nitrogens is 1. The Morgan fingerprint density at radius 1 is 1.33 bits per heavy atom. The van der Waals surface area contributed by atoms with E-state index in [1.54, 1.807) is 24.4 Å². The molecule has 21 heavy (non-hydrogen) atoms. The zero-order valence-electron chi connectivity index (χ0n) is 12.9. The lowest BCUT2D eigenvalue weighted by Gasteiger charge is -2.19. The van der Waals surface area contributed by atoms with Crippen LogP contribution in [0.3, 0.4) is 0 Å². The summed E-state index contributed by atoms with van der Waals surface area (Å²) in [5, 5.41) is 3.35. The lowest BCUT2D eigenvalue weighted by atomic mass is 10.3. The van der Waals surface area contributed by atoms with E-state index in [0.29, 0.717) is 19.6 Å². The van der Waals surface area contributed by atoms with Crippen LogP contribution >= 0.6 is 0 Å². The molecule has 5 nitrogen and oxygen atoms in total. The molecule has 0 spiro atoms. The monoisotopic (exact) mass is 311 g/mol. The summed E-state index contributed by atoms with van der Waals surface area (Å²) in [5.41, 5.74) is 0.980. The lowest BCUT2D eigenvalue weighted by Crippen LogP contribution is -2.32.